The Balaban J connectivity index is 2.88. The molecule has 9 nitrogen and oxygen atoms in total. The number of aromatic carboxylic acids is 1. The largest absolute Gasteiger partial charge is 0.475 e. The standard InChI is InChI=1S/C7H7N5O4/c1-3-5(7(13)14)10-9-4(2)6(12(15)16)11(10)8-3/h1-2H3,(H-,8,9,13,14)/p+1. The van der Waals surface area contributed by atoms with E-state index < -0.39 is 10.9 Å². The number of nitro groups is 1. The van der Waals surface area contributed by atoms with Crippen LogP contribution in [0.5, 0.6) is 0 Å². The number of carbonyl (C=O) groups is 1. The molecule has 0 aromatic carbocycles. The number of rotatable bonds is 2. The van der Waals surface area contributed by atoms with Crippen molar-refractivity contribution in [3.05, 3.63) is 27.2 Å². The Hall–Kier alpha value is -2.45. The minimum Gasteiger partial charge on any atom is -0.475 e. The highest BCUT2D eigenvalue weighted by Gasteiger charge is 2.36. The third kappa shape index (κ3) is 1.14. The number of nitrogens with zero attached hydrogens (tertiary/aromatic N) is 4. The lowest BCUT2D eigenvalue weighted by molar-refractivity contribution is -0.682. The average molecular weight is 226 g/mol. The van der Waals surface area contributed by atoms with Crippen LogP contribution in [0.1, 0.15) is 21.9 Å². The van der Waals surface area contributed by atoms with E-state index in [0.717, 1.165) is 9.26 Å². The lowest BCUT2D eigenvalue weighted by Gasteiger charge is -1.85. The van der Waals surface area contributed by atoms with Crippen molar-refractivity contribution in [3.8, 4) is 0 Å². The molecule has 0 bridgehead atoms. The van der Waals surface area contributed by atoms with Crippen molar-refractivity contribution >= 4 is 11.8 Å². The Labute approximate surface area is 88.0 Å². The molecule has 2 N–H and O–H groups in total. The number of H-pyrrole nitrogens is 1. The van der Waals surface area contributed by atoms with Gasteiger partial charge in [0.05, 0.1) is 0 Å². The summed E-state index contributed by atoms with van der Waals surface area (Å²) in [4.78, 5) is 21.1. The molecule has 0 radical (unpaired) electrons. The zero-order chi connectivity index (χ0) is 12.0. The molecule has 0 unspecified atom stereocenters. The van der Waals surface area contributed by atoms with Crippen molar-refractivity contribution < 1.29 is 19.5 Å². The first kappa shape index (κ1) is 10.1. The molecule has 2 aromatic heterocycles. The molecule has 0 saturated carbocycles. The first-order chi connectivity index (χ1) is 7.43. The molecular weight excluding hydrogens is 218 g/mol. The van der Waals surface area contributed by atoms with Gasteiger partial charge in [-0.1, -0.05) is 0 Å². The van der Waals surface area contributed by atoms with Gasteiger partial charge in [-0.2, -0.15) is 5.10 Å². The first-order valence-corrected chi connectivity index (χ1v) is 4.31. The van der Waals surface area contributed by atoms with Gasteiger partial charge in [0.1, 0.15) is 5.10 Å². The van der Waals surface area contributed by atoms with Crippen molar-refractivity contribution in [1.82, 2.24) is 14.8 Å². The van der Waals surface area contributed by atoms with Crippen LogP contribution in [0, 0.1) is 24.0 Å². The molecule has 16 heavy (non-hydrogen) atoms. The number of aromatic amines is 1. The van der Waals surface area contributed by atoms with E-state index in [4.69, 9.17) is 5.11 Å². The van der Waals surface area contributed by atoms with Gasteiger partial charge >= 0.3 is 17.5 Å². The van der Waals surface area contributed by atoms with Crippen molar-refractivity contribution in [2.24, 2.45) is 0 Å². The molecule has 0 aliphatic heterocycles. The Morgan fingerprint density at radius 1 is 1.62 bits per heavy atom. The fraction of sp³-hybridized carbons (Fsp3) is 0.286. The predicted octanol–water partition coefficient (Wildman–Crippen LogP) is -0.529. The van der Waals surface area contributed by atoms with Gasteiger partial charge in [0.15, 0.2) is 10.3 Å². The van der Waals surface area contributed by atoms with E-state index in [1.54, 1.807) is 0 Å². The molecule has 0 spiro atoms. The second-order valence-electron chi connectivity index (χ2n) is 3.26. The van der Waals surface area contributed by atoms with Crippen LogP contribution in [-0.2, 0) is 0 Å². The molecule has 9 heteroatoms. The van der Waals surface area contributed by atoms with E-state index in [2.05, 4.69) is 10.2 Å². The van der Waals surface area contributed by atoms with Crippen LogP contribution >= 0.6 is 0 Å². The van der Waals surface area contributed by atoms with E-state index in [1.165, 1.54) is 13.8 Å². The molecule has 2 rings (SSSR count). The lowest BCUT2D eigenvalue weighted by Crippen LogP contribution is -2.35. The van der Waals surface area contributed by atoms with Gasteiger partial charge in [-0.15, -0.1) is 0 Å². The maximum absolute atomic E-state index is 10.9. The topological polar surface area (TPSA) is 118 Å². The molecular formula is C7H8N5O4+. The Morgan fingerprint density at radius 2 is 2.25 bits per heavy atom. The summed E-state index contributed by atoms with van der Waals surface area (Å²) in [5, 5.41) is 26.1. The van der Waals surface area contributed by atoms with E-state index in [9.17, 15) is 14.9 Å². The molecule has 0 atom stereocenters. The SMILES string of the molecule is Cc1nn2c([N+](=O)[O-])c(C)[nH][n+]2c1C(=O)O. The quantitative estimate of drug-likeness (QED) is 0.405. The number of hydrogen-bond acceptors (Lipinski definition) is 4. The smallest absolute Gasteiger partial charge is 0.436 e. The fourth-order valence-corrected chi connectivity index (χ4v) is 1.54. The summed E-state index contributed by atoms with van der Waals surface area (Å²) in [5.41, 5.74) is 0.308. The molecule has 0 aliphatic carbocycles. The van der Waals surface area contributed by atoms with Gasteiger partial charge in [-0.05, 0) is 11.8 Å². The summed E-state index contributed by atoms with van der Waals surface area (Å²) in [6.45, 7) is 2.94. The highest BCUT2D eigenvalue weighted by molar-refractivity contribution is 5.84. The maximum atomic E-state index is 10.9. The summed E-state index contributed by atoms with van der Waals surface area (Å²) >= 11 is 0. The third-order valence-corrected chi connectivity index (χ3v) is 2.16. The molecule has 0 fully saturated rings. The Morgan fingerprint density at radius 3 is 2.75 bits per heavy atom. The van der Waals surface area contributed by atoms with Gasteiger partial charge in [0.2, 0.25) is 0 Å². The predicted molar refractivity (Wildman–Crippen MR) is 48.3 cm³/mol. The zero-order valence-electron chi connectivity index (χ0n) is 8.46. The molecule has 0 saturated heterocycles. The summed E-state index contributed by atoms with van der Waals surface area (Å²) in [6.07, 6.45) is 0. The number of hydrogen-bond donors (Lipinski definition) is 2. The van der Waals surface area contributed by atoms with Gasteiger partial charge < -0.3 is 15.2 Å². The van der Waals surface area contributed by atoms with E-state index in [1.807, 2.05) is 0 Å². The highest BCUT2D eigenvalue weighted by atomic mass is 16.6. The van der Waals surface area contributed by atoms with Gasteiger partial charge in [0, 0.05) is 11.6 Å². The van der Waals surface area contributed by atoms with Crippen molar-refractivity contribution in [1.29, 1.82) is 0 Å². The first-order valence-electron chi connectivity index (χ1n) is 4.31. The highest BCUT2D eigenvalue weighted by Crippen LogP contribution is 2.12. The molecule has 0 aliphatic rings. The van der Waals surface area contributed by atoms with Crippen LogP contribution in [0.3, 0.4) is 0 Å². The number of aryl methyl sites for hydroxylation is 2. The van der Waals surface area contributed by atoms with Crippen LogP contribution < -0.4 is 4.63 Å². The van der Waals surface area contributed by atoms with E-state index in [0.29, 0.717) is 0 Å². The summed E-state index contributed by atoms with van der Waals surface area (Å²) in [6, 6.07) is 0. The molecule has 2 aromatic rings. The van der Waals surface area contributed by atoms with Crippen LogP contribution in [0.4, 0.5) is 5.82 Å². The van der Waals surface area contributed by atoms with E-state index in [-0.39, 0.29) is 22.9 Å². The minimum atomic E-state index is -1.20. The third-order valence-electron chi connectivity index (χ3n) is 2.16. The van der Waals surface area contributed by atoms with E-state index >= 15 is 0 Å². The van der Waals surface area contributed by atoms with Crippen LogP contribution in [-0.4, -0.2) is 30.8 Å². The summed E-state index contributed by atoms with van der Waals surface area (Å²) in [7, 11) is 0. The normalized spacial score (nSPS) is 10.9. The van der Waals surface area contributed by atoms with Gasteiger partial charge in [-0.25, -0.2) is 4.79 Å². The molecule has 0 amide bonds. The minimum absolute atomic E-state index is 0.129. The maximum Gasteiger partial charge on any atom is 0.436 e. The van der Waals surface area contributed by atoms with Crippen LogP contribution in [0.25, 0.3) is 0 Å². The number of nitrogens with one attached hydrogen (secondary N) is 1. The van der Waals surface area contributed by atoms with Crippen LogP contribution in [0.2, 0.25) is 0 Å². The average Bonchev–Trinajstić information content (AvgIpc) is 2.55. The van der Waals surface area contributed by atoms with Gasteiger partial charge in [0.25, 0.3) is 5.69 Å². The molecule has 2 heterocycles. The van der Waals surface area contributed by atoms with Crippen molar-refractivity contribution in [2.75, 3.05) is 0 Å². The van der Waals surface area contributed by atoms with Gasteiger partial charge in [-0.3, -0.25) is 0 Å². The second kappa shape index (κ2) is 3.02. The number of carboxylic acids is 1. The monoisotopic (exact) mass is 226 g/mol. The number of fused-ring (bicyclic) bond motifs is 1. The van der Waals surface area contributed by atoms with Crippen LogP contribution in [0.15, 0.2) is 0 Å². The summed E-state index contributed by atoms with van der Waals surface area (Å²) < 4.78 is 1.96. The lowest BCUT2D eigenvalue weighted by atomic mass is 10.3. The fourth-order valence-electron chi connectivity index (χ4n) is 1.54. The second-order valence-corrected chi connectivity index (χ2v) is 3.26. The van der Waals surface area contributed by atoms with Crippen molar-refractivity contribution in [2.45, 2.75) is 13.8 Å². The van der Waals surface area contributed by atoms with Crippen molar-refractivity contribution in [3.63, 3.8) is 0 Å². The Kier molecular flexibility index (Phi) is 1.90. The zero-order valence-corrected chi connectivity index (χ0v) is 8.46. The molecule has 84 valence electrons. The summed E-state index contributed by atoms with van der Waals surface area (Å²) in [5.74, 6) is -1.48. The number of carboxylic acid groups (broad SMARTS) is 1. The Bertz CT molecular complexity index is 556. The number of aromatic nitrogens is 4.